The van der Waals surface area contributed by atoms with E-state index in [0.717, 1.165) is 25.0 Å². The maximum absolute atomic E-state index is 10.3. The Labute approximate surface area is 116 Å². The van der Waals surface area contributed by atoms with Crippen LogP contribution in [-0.2, 0) is 15.2 Å². The van der Waals surface area contributed by atoms with E-state index < -0.39 is 16.4 Å². The highest BCUT2D eigenvalue weighted by atomic mass is 32.3. The van der Waals surface area contributed by atoms with Crippen LogP contribution in [0.2, 0.25) is 0 Å². The molecule has 0 aromatic heterocycles. The third-order valence-electron chi connectivity index (χ3n) is 2.56. The number of carbonyl (C=O) groups is 1. The van der Waals surface area contributed by atoms with Gasteiger partial charge in [-0.05, 0) is 12.8 Å². The molecule has 0 spiro atoms. The van der Waals surface area contributed by atoms with Crippen LogP contribution in [-0.4, -0.2) is 51.7 Å². The second-order valence-corrected chi connectivity index (χ2v) is 6.37. The van der Waals surface area contributed by atoms with Crippen molar-refractivity contribution >= 4 is 28.1 Å². The Morgan fingerprint density at radius 1 is 1.26 bits per heavy atom. The molecule has 10 heteroatoms. The van der Waals surface area contributed by atoms with Gasteiger partial charge in [-0.1, -0.05) is 6.42 Å². The molecule has 3 atom stereocenters. The van der Waals surface area contributed by atoms with Crippen LogP contribution in [0, 0.1) is 0 Å². The van der Waals surface area contributed by atoms with Gasteiger partial charge in [-0.25, -0.2) is 0 Å². The summed E-state index contributed by atoms with van der Waals surface area (Å²) in [5.74, 6) is 0.218. The molecule has 0 unspecified atom stereocenters. The molecule has 1 saturated heterocycles. The summed E-state index contributed by atoms with van der Waals surface area (Å²) in [7, 11) is -4.67. The van der Waals surface area contributed by atoms with Gasteiger partial charge in [0.2, 0.25) is 0 Å². The van der Waals surface area contributed by atoms with Gasteiger partial charge >= 0.3 is 16.4 Å². The molecule has 1 aliphatic heterocycles. The fourth-order valence-corrected chi connectivity index (χ4v) is 3.08. The zero-order valence-corrected chi connectivity index (χ0v) is 11.9. The first-order valence-corrected chi connectivity index (χ1v) is 8.10. The first-order chi connectivity index (χ1) is 8.61. The zero-order chi connectivity index (χ0) is 15.1. The molecule has 0 aromatic rings. The van der Waals surface area contributed by atoms with Crippen molar-refractivity contribution in [3.8, 4) is 0 Å². The van der Waals surface area contributed by atoms with Crippen LogP contribution in [0.4, 0.5) is 0 Å². The van der Waals surface area contributed by atoms with E-state index in [4.69, 9.17) is 34.1 Å². The van der Waals surface area contributed by atoms with Crippen molar-refractivity contribution in [2.75, 3.05) is 5.75 Å². The van der Waals surface area contributed by atoms with E-state index in [1.54, 1.807) is 0 Å². The van der Waals surface area contributed by atoms with Crippen molar-refractivity contribution in [3.63, 3.8) is 0 Å². The second kappa shape index (κ2) is 8.72. The van der Waals surface area contributed by atoms with Crippen molar-refractivity contribution < 1.29 is 27.4 Å². The van der Waals surface area contributed by atoms with Gasteiger partial charge in [0.05, 0.1) is 0 Å². The molecular weight excluding hydrogens is 296 g/mol. The molecule has 8 nitrogen and oxygen atoms in total. The monoisotopic (exact) mass is 316 g/mol. The number of carboxylic acids is 1. The molecule has 19 heavy (non-hydrogen) atoms. The maximum atomic E-state index is 10.3. The average molecular weight is 316 g/mol. The van der Waals surface area contributed by atoms with Gasteiger partial charge in [-0.3, -0.25) is 13.9 Å². The summed E-state index contributed by atoms with van der Waals surface area (Å²) in [5, 5.41) is 8.88. The Balaban J connectivity index is 0.000000555. The molecule has 0 radical (unpaired) electrons. The lowest BCUT2D eigenvalue weighted by molar-refractivity contribution is -0.137. The average Bonchev–Trinajstić information content (AvgIpc) is 2.53. The number of nitrogens with two attached hydrogens (primary N) is 2. The maximum Gasteiger partial charge on any atom is 0.394 e. The molecular formula is C9H20N2O6S2. The minimum atomic E-state index is -4.67. The molecule has 0 aromatic carbocycles. The van der Waals surface area contributed by atoms with E-state index in [0.29, 0.717) is 5.25 Å². The number of hydrogen-bond donors (Lipinski definition) is 5. The normalized spacial score (nSPS) is 26.6. The number of unbranched alkanes of at least 4 members (excludes halogenated alkanes) is 1. The first-order valence-electron chi connectivity index (χ1n) is 5.65. The topological polar surface area (TPSA) is 164 Å². The Hall–Kier alpha value is -0.390. The Bertz CT molecular complexity index is 367. The lowest BCUT2D eigenvalue weighted by Gasteiger charge is -2.16. The summed E-state index contributed by atoms with van der Waals surface area (Å²) in [6.45, 7) is 0. The van der Waals surface area contributed by atoms with Gasteiger partial charge in [-0.15, -0.1) is 0 Å². The van der Waals surface area contributed by atoms with Gasteiger partial charge in [0, 0.05) is 29.5 Å². The molecule has 7 N–H and O–H groups in total. The van der Waals surface area contributed by atoms with Crippen LogP contribution in [0.1, 0.15) is 25.7 Å². The molecule has 1 heterocycles. The van der Waals surface area contributed by atoms with Crippen LogP contribution in [0.15, 0.2) is 0 Å². The summed E-state index contributed by atoms with van der Waals surface area (Å²) in [4.78, 5) is 10.3. The van der Waals surface area contributed by atoms with Crippen LogP contribution >= 0.6 is 11.8 Å². The van der Waals surface area contributed by atoms with Gasteiger partial charge in [0.1, 0.15) is 0 Å². The predicted molar refractivity (Wildman–Crippen MR) is 72.5 cm³/mol. The van der Waals surface area contributed by atoms with Gasteiger partial charge in [-0.2, -0.15) is 20.2 Å². The number of rotatable bonds is 5. The van der Waals surface area contributed by atoms with Crippen molar-refractivity contribution in [3.05, 3.63) is 0 Å². The molecule has 1 fully saturated rings. The van der Waals surface area contributed by atoms with Crippen LogP contribution in [0.25, 0.3) is 0 Å². The molecule has 0 aliphatic carbocycles. The smallest absolute Gasteiger partial charge is 0.394 e. The van der Waals surface area contributed by atoms with Crippen molar-refractivity contribution in [1.82, 2.24) is 0 Å². The lowest BCUT2D eigenvalue weighted by atomic mass is 10.0. The summed E-state index contributed by atoms with van der Waals surface area (Å²) < 4.78 is 31.6. The summed E-state index contributed by atoms with van der Waals surface area (Å²) in [6, 6.07) is 0.203. The van der Waals surface area contributed by atoms with Crippen LogP contribution < -0.4 is 11.5 Å². The van der Waals surface area contributed by atoms with Crippen molar-refractivity contribution in [2.45, 2.75) is 43.0 Å². The fourth-order valence-electron chi connectivity index (χ4n) is 1.63. The summed E-state index contributed by atoms with van der Waals surface area (Å²) in [6.07, 6.45) is 2.93. The van der Waals surface area contributed by atoms with Gasteiger partial charge < -0.3 is 16.6 Å². The van der Waals surface area contributed by atoms with E-state index >= 15 is 0 Å². The third-order valence-corrected chi connectivity index (χ3v) is 4.11. The number of thioether (sulfide) groups is 1. The molecule has 114 valence electrons. The van der Waals surface area contributed by atoms with Gasteiger partial charge in [0.25, 0.3) is 0 Å². The molecule has 1 rings (SSSR count). The van der Waals surface area contributed by atoms with Gasteiger partial charge in [0.15, 0.2) is 0 Å². The van der Waals surface area contributed by atoms with Crippen molar-refractivity contribution in [1.29, 1.82) is 0 Å². The molecule has 0 amide bonds. The zero-order valence-electron chi connectivity index (χ0n) is 10.3. The SMILES string of the molecule is N[C@@H]1[C@H](CCCCC(=O)O)SC[C@@H]1N.O=S(=O)(O)O. The predicted octanol–water partition coefficient (Wildman–Crippen LogP) is -0.251. The second-order valence-electron chi connectivity index (χ2n) is 4.20. The highest BCUT2D eigenvalue weighted by Crippen LogP contribution is 2.28. The summed E-state index contributed by atoms with van der Waals surface area (Å²) >= 11 is 1.82. The van der Waals surface area contributed by atoms with Crippen LogP contribution in [0.3, 0.4) is 0 Å². The Morgan fingerprint density at radius 3 is 2.16 bits per heavy atom. The minimum Gasteiger partial charge on any atom is -0.481 e. The highest BCUT2D eigenvalue weighted by molar-refractivity contribution is 8.00. The lowest BCUT2D eigenvalue weighted by Crippen LogP contribution is -2.43. The van der Waals surface area contributed by atoms with E-state index in [2.05, 4.69) is 0 Å². The quantitative estimate of drug-likeness (QED) is 0.339. The molecule has 1 aliphatic rings. The molecule has 0 saturated carbocycles. The number of aliphatic carboxylic acids is 1. The Morgan fingerprint density at radius 2 is 1.79 bits per heavy atom. The van der Waals surface area contributed by atoms with E-state index in [1.807, 2.05) is 11.8 Å². The summed E-state index contributed by atoms with van der Waals surface area (Å²) in [5.41, 5.74) is 11.7. The first kappa shape index (κ1) is 18.6. The van der Waals surface area contributed by atoms with E-state index in [1.165, 1.54) is 0 Å². The number of carboxylic acid groups (broad SMARTS) is 1. The standard InChI is InChI=1S/C9H18N2O2S.H2O4S/c10-6-5-14-7(9(6)11)3-1-2-4-8(12)13;1-5(2,3)4/h6-7,9H,1-5,10-11H2,(H,12,13);(H2,1,2,3,4)/t6-,7-,9-;/m0./s1. The highest BCUT2D eigenvalue weighted by Gasteiger charge is 2.30. The minimum absolute atomic E-state index is 0.0878. The third kappa shape index (κ3) is 11.2. The van der Waals surface area contributed by atoms with Crippen molar-refractivity contribution in [2.24, 2.45) is 11.5 Å². The van der Waals surface area contributed by atoms with Crippen LogP contribution in [0.5, 0.6) is 0 Å². The van der Waals surface area contributed by atoms with E-state index in [9.17, 15) is 4.79 Å². The fraction of sp³-hybridized carbons (Fsp3) is 0.889. The van der Waals surface area contributed by atoms with E-state index in [-0.39, 0.29) is 18.5 Å². The molecule has 0 bridgehead atoms. The Kier molecular flexibility index (Phi) is 8.54. The largest absolute Gasteiger partial charge is 0.481 e. The number of hydrogen-bond acceptors (Lipinski definition) is 6.